The molecule has 3 saturated heterocycles. The molecule has 3 aromatic carbocycles. The monoisotopic (exact) mass is 695 g/mol. The van der Waals surface area contributed by atoms with E-state index < -0.39 is 30.3 Å². The third kappa shape index (κ3) is 8.38. The Morgan fingerprint density at radius 2 is 1.66 bits per heavy atom. The van der Waals surface area contributed by atoms with Crippen LogP contribution in [0.3, 0.4) is 0 Å². The molecule has 5 atom stereocenters. The number of alkyl halides is 3. The standard InChI is InChI=1S/C38H44F3N3O6/c1-48-24-30-7-4-18-43(30)22-31-20-34(27-12-10-25(23-45)11-13-27)50-36(49-31)28-16-14-26(15-17-28)32-8-3-2-6-29(32)21-42-35(46)33-9-5-19-44(33)37(47)38(39,40)41/h2-3,6,8,10-17,30-31,33-34,36,45H,4-5,7,9,18-24H2,1H3,(H,42,46). The van der Waals surface area contributed by atoms with Crippen LogP contribution in [0, 0.1) is 0 Å². The van der Waals surface area contributed by atoms with Crippen molar-refractivity contribution in [3.05, 3.63) is 95.1 Å². The summed E-state index contributed by atoms with van der Waals surface area (Å²) in [7, 11) is 1.73. The Morgan fingerprint density at radius 1 is 0.940 bits per heavy atom. The SMILES string of the molecule is COCC1CCCN1CC1CC(c2ccc(CO)cc2)OC(c2ccc(-c3ccccc3CNC(=O)C3CCCN3C(=O)C(F)(F)F)cc2)O1. The van der Waals surface area contributed by atoms with Gasteiger partial charge in [-0.2, -0.15) is 13.2 Å². The number of hydrogen-bond acceptors (Lipinski definition) is 7. The number of ether oxygens (including phenoxy) is 3. The van der Waals surface area contributed by atoms with Crippen molar-refractivity contribution < 1.29 is 42.1 Å². The highest BCUT2D eigenvalue weighted by Gasteiger charge is 2.47. The minimum atomic E-state index is -5.02. The first-order valence-corrected chi connectivity index (χ1v) is 17.2. The molecule has 2 amide bonds. The molecule has 0 aromatic heterocycles. The topological polar surface area (TPSA) is 101 Å². The molecule has 0 aliphatic carbocycles. The van der Waals surface area contributed by atoms with Gasteiger partial charge in [-0.25, -0.2) is 0 Å². The number of nitrogens with one attached hydrogen (secondary N) is 1. The van der Waals surface area contributed by atoms with Gasteiger partial charge in [-0.05, 0) is 60.0 Å². The van der Waals surface area contributed by atoms with Gasteiger partial charge in [-0.3, -0.25) is 14.5 Å². The van der Waals surface area contributed by atoms with Crippen LogP contribution in [0.1, 0.15) is 66.8 Å². The van der Waals surface area contributed by atoms with E-state index in [1.54, 1.807) is 7.11 Å². The van der Waals surface area contributed by atoms with Crippen molar-refractivity contribution in [2.75, 3.05) is 33.4 Å². The maximum absolute atomic E-state index is 13.1. The lowest BCUT2D eigenvalue weighted by Gasteiger charge is -2.38. The van der Waals surface area contributed by atoms with Crippen LogP contribution in [0.15, 0.2) is 72.8 Å². The molecule has 3 aromatic rings. The van der Waals surface area contributed by atoms with Crippen LogP contribution in [0.4, 0.5) is 13.2 Å². The van der Waals surface area contributed by atoms with Crippen molar-refractivity contribution in [1.82, 2.24) is 15.1 Å². The molecule has 3 aliphatic heterocycles. The summed E-state index contributed by atoms with van der Waals surface area (Å²) in [5.74, 6) is -2.58. The molecule has 2 N–H and O–H groups in total. The fourth-order valence-electron chi connectivity index (χ4n) is 7.33. The van der Waals surface area contributed by atoms with E-state index in [1.165, 1.54) is 0 Å². The third-order valence-electron chi connectivity index (χ3n) is 9.93. The zero-order chi connectivity index (χ0) is 35.3. The molecule has 268 valence electrons. The summed E-state index contributed by atoms with van der Waals surface area (Å²) in [6.07, 6.45) is -2.51. The van der Waals surface area contributed by atoms with E-state index in [-0.39, 0.29) is 38.3 Å². The van der Waals surface area contributed by atoms with Crippen LogP contribution in [0.5, 0.6) is 0 Å². The van der Waals surface area contributed by atoms with Crippen LogP contribution >= 0.6 is 0 Å². The third-order valence-corrected chi connectivity index (χ3v) is 9.93. The highest BCUT2D eigenvalue weighted by Crippen LogP contribution is 2.39. The maximum Gasteiger partial charge on any atom is 0.471 e. The predicted molar refractivity (Wildman–Crippen MR) is 179 cm³/mol. The molecule has 50 heavy (non-hydrogen) atoms. The first-order valence-electron chi connectivity index (χ1n) is 17.2. The molecule has 6 rings (SSSR count). The molecule has 3 fully saturated rings. The van der Waals surface area contributed by atoms with Gasteiger partial charge in [0.05, 0.1) is 25.4 Å². The van der Waals surface area contributed by atoms with Gasteiger partial charge in [0.1, 0.15) is 6.04 Å². The number of aliphatic hydroxyl groups is 1. The van der Waals surface area contributed by atoms with Crippen LogP contribution < -0.4 is 5.32 Å². The van der Waals surface area contributed by atoms with Gasteiger partial charge in [0, 0.05) is 44.8 Å². The summed E-state index contributed by atoms with van der Waals surface area (Å²) in [6.45, 7) is 2.41. The van der Waals surface area contributed by atoms with Crippen LogP contribution in [-0.2, 0) is 37.0 Å². The van der Waals surface area contributed by atoms with Crippen molar-refractivity contribution in [2.24, 2.45) is 0 Å². The van der Waals surface area contributed by atoms with Gasteiger partial charge in [-0.15, -0.1) is 0 Å². The van der Waals surface area contributed by atoms with E-state index in [9.17, 15) is 27.9 Å². The van der Waals surface area contributed by atoms with Gasteiger partial charge in [-0.1, -0.05) is 72.8 Å². The molecule has 0 bridgehead atoms. The number of benzene rings is 3. The lowest BCUT2D eigenvalue weighted by molar-refractivity contribution is -0.253. The van der Waals surface area contributed by atoms with Crippen LogP contribution in [0.2, 0.25) is 0 Å². The van der Waals surface area contributed by atoms with Gasteiger partial charge in [0.2, 0.25) is 5.91 Å². The zero-order valence-electron chi connectivity index (χ0n) is 28.1. The number of halogens is 3. The Balaban J connectivity index is 1.16. The number of carbonyl (C=O) groups excluding carboxylic acids is 2. The van der Waals surface area contributed by atoms with E-state index >= 15 is 0 Å². The number of methoxy groups -OCH3 is 1. The fraction of sp³-hybridized carbons (Fsp3) is 0.474. The second-order valence-electron chi connectivity index (χ2n) is 13.2. The number of aliphatic hydroxyl groups excluding tert-OH is 1. The Morgan fingerprint density at radius 3 is 2.38 bits per heavy atom. The number of carbonyl (C=O) groups is 2. The number of amides is 2. The van der Waals surface area contributed by atoms with Crippen molar-refractivity contribution in [3.63, 3.8) is 0 Å². The normalized spacial score (nSPS) is 24.4. The summed E-state index contributed by atoms with van der Waals surface area (Å²) in [5.41, 5.74) is 5.24. The second-order valence-corrected chi connectivity index (χ2v) is 13.2. The molecule has 12 heteroatoms. The highest BCUT2D eigenvalue weighted by atomic mass is 19.4. The molecular weight excluding hydrogens is 651 g/mol. The molecule has 5 unspecified atom stereocenters. The molecule has 3 heterocycles. The minimum Gasteiger partial charge on any atom is -0.392 e. The van der Waals surface area contributed by atoms with Gasteiger partial charge in [0.15, 0.2) is 6.29 Å². The fourth-order valence-corrected chi connectivity index (χ4v) is 7.33. The van der Waals surface area contributed by atoms with Crippen molar-refractivity contribution in [1.29, 1.82) is 0 Å². The molecule has 0 radical (unpaired) electrons. The summed E-state index contributed by atoms with van der Waals surface area (Å²) >= 11 is 0. The Kier molecular flexibility index (Phi) is 11.5. The molecule has 0 spiro atoms. The summed E-state index contributed by atoms with van der Waals surface area (Å²) in [6, 6.07) is 22.4. The predicted octanol–water partition coefficient (Wildman–Crippen LogP) is 5.67. The Labute approximate surface area is 290 Å². The molecular formula is C38H44F3N3O6. The number of nitrogens with zero attached hydrogens (tertiary/aromatic N) is 2. The van der Waals surface area contributed by atoms with Crippen molar-refractivity contribution in [2.45, 2.75) is 82.0 Å². The lowest BCUT2D eigenvalue weighted by atomic mass is 9.97. The highest BCUT2D eigenvalue weighted by molar-refractivity contribution is 5.90. The summed E-state index contributed by atoms with van der Waals surface area (Å²) in [5, 5.41) is 12.3. The van der Waals surface area contributed by atoms with E-state index in [2.05, 4.69) is 10.2 Å². The zero-order valence-corrected chi connectivity index (χ0v) is 28.1. The minimum absolute atomic E-state index is 0.0278. The number of rotatable bonds is 11. The van der Waals surface area contributed by atoms with E-state index in [0.29, 0.717) is 30.4 Å². The van der Waals surface area contributed by atoms with Gasteiger partial charge < -0.3 is 29.5 Å². The van der Waals surface area contributed by atoms with Crippen LogP contribution in [-0.4, -0.2) is 84.4 Å². The van der Waals surface area contributed by atoms with Gasteiger partial charge in [0.25, 0.3) is 0 Å². The maximum atomic E-state index is 13.1. The molecule has 3 aliphatic rings. The largest absolute Gasteiger partial charge is 0.471 e. The smallest absolute Gasteiger partial charge is 0.392 e. The Hall–Kier alpha value is -3.81. The summed E-state index contributed by atoms with van der Waals surface area (Å²) in [4.78, 5) is 27.9. The quantitative estimate of drug-likeness (QED) is 0.267. The Bertz CT molecular complexity index is 1600. The second kappa shape index (κ2) is 16.0. The van der Waals surface area contributed by atoms with Crippen molar-refractivity contribution >= 4 is 11.8 Å². The van der Waals surface area contributed by atoms with Crippen LogP contribution in [0.25, 0.3) is 11.1 Å². The van der Waals surface area contributed by atoms with E-state index in [1.807, 2.05) is 72.8 Å². The lowest BCUT2D eigenvalue weighted by Crippen LogP contribution is -2.50. The average molecular weight is 696 g/mol. The van der Waals surface area contributed by atoms with Gasteiger partial charge >= 0.3 is 12.1 Å². The number of hydrogen-bond donors (Lipinski definition) is 2. The molecule has 9 nitrogen and oxygen atoms in total. The van der Waals surface area contributed by atoms with E-state index in [0.717, 1.165) is 59.3 Å². The first kappa shape index (κ1) is 36.0. The summed E-state index contributed by atoms with van der Waals surface area (Å²) < 4.78 is 57.9. The average Bonchev–Trinajstić information content (AvgIpc) is 3.80. The van der Waals surface area contributed by atoms with E-state index in [4.69, 9.17) is 14.2 Å². The molecule has 0 saturated carbocycles. The first-order chi connectivity index (χ1) is 24.1. The van der Waals surface area contributed by atoms with Crippen molar-refractivity contribution in [3.8, 4) is 11.1 Å². The number of likely N-dealkylation sites (tertiary alicyclic amines) is 2.